The second-order valence-electron chi connectivity index (χ2n) is 6.92. The Kier molecular flexibility index (Phi) is 7.29. The molecule has 0 spiro atoms. The monoisotopic (exact) mass is 486 g/mol. The van der Waals surface area contributed by atoms with Gasteiger partial charge in [-0.05, 0) is 41.8 Å². The molecule has 1 amide bonds. The van der Waals surface area contributed by atoms with Crippen molar-refractivity contribution in [1.82, 2.24) is 5.32 Å². The molecule has 0 aromatic heterocycles. The van der Waals surface area contributed by atoms with Crippen LogP contribution >= 0.6 is 15.9 Å². The fourth-order valence-corrected chi connectivity index (χ4v) is 4.84. The molecule has 0 aliphatic heterocycles. The molecule has 0 saturated heterocycles. The predicted molar refractivity (Wildman–Crippen MR) is 123 cm³/mol. The van der Waals surface area contributed by atoms with Gasteiger partial charge in [0.25, 0.3) is 10.0 Å². The first kappa shape index (κ1) is 22.1. The molecule has 5 nitrogen and oxygen atoms in total. The molecule has 3 rings (SSSR count). The van der Waals surface area contributed by atoms with Gasteiger partial charge >= 0.3 is 0 Å². The number of benzene rings is 3. The lowest BCUT2D eigenvalue weighted by Gasteiger charge is -2.24. The van der Waals surface area contributed by atoms with Crippen LogP contribution in [-0.4, -0.2) is 27.4 Å². The SMILES string of the molecule is C[C@@H](CNC(=O)CN(c1cccc(Br)c1)S(=O)(=O)c1ccccc1)c1ccccc1. The summed E-state index contributed by atoms with van der Waals surface area (Å²) in [6, 6.07) is 24.9. The van der Waals surface area contributed by atoms with Gasteiger partial charge in [0.2, 0.25) is 5.91 Å². The largest absolute Gasteiger partial charge is 0.354 e. The van der Waals surface area contributed by atoms with Crippen molar-refractivity contribution in [2.24, 2.45) is 0 Å². The highest BCUT2D eigenvalue weighted by molar-refractivity contribution is 9.10. The van der Waals surface area contributed by atoms with Crippen LogP contribution in [0.15, 0.2) is 94.3 Å². The van der Waals surface area contributed by atoms with Crippen LogP contribution in [0.3, 0.4) is 0 Å². The molecular weight excluding hydrogens is 464 g/mol. The van der Waals surface area contributed by atoms with E-state index in [9.17, 15) is 13.2 Å². The Morgan fingerprint density at radius 3 is 2.23 bits per heavy atom. The number of sulfonamides is 1. The van der Waals surface area contributed by atoms with E-state index in [1.54, 1.807) is 42.5 Å². The maximum absolute atomic E-state index is 13.3. The predicted octanol–water partition coefficient (Wildman–Crippen LogP) is 4.56. The first-order valence-corrected chi connectivity index (χ1v) is 11.8. The van der Waals surface area contributed by atoms with Crippen molar-refractivity contribution in [2.45, 2.75) is 17.7 Å². The van der Waals surface area contributed by atoms with Crippen LogP contribution < -0.4 is 9.62 Å². The Hall–Kier alpha value is -2.64. The Bertz CT molecular complexity index is 1090. The Balaban J connectivity index is 1.80. The van der Waals surface area contributed by atoms with Crippen molar-refractivity contribution in [3.05, 3.63) is 95.0 Å². The van der Waals surface area contributed by atoms with E-state index >= 15 is 0 Å². The number of rotatable bonds is 8. The maximum Gasteiger partial charge on any atom is 0.264 e. The molecule has 0 aliphatic carbocycles. The maximum atomic E-state index is 13.3. The Morgan fingerprint density at radius 1 is 0.967 bits per heavy atom. The number of anilines is 1. The molecule has 0 unspecified atom stereocenters. The second-order valence-corrected chi connectivity index (χ2v) is 9.70. The fourth-order valence-electron chi connectivity index (χ4n) is 3.02. The molecule has 3 aromatic carbocycles. The molecule has 7 heteroatoms. The molecule has 0 aliphatic rings. The molecule has 0 bridgehead atoms. The fraction of sp³-hybridized carbons (Fsp3) is 0.174. The minimum atomic E-state index is -3.91. The van der Waals surface area contributed by atoms with Crippen LogP contribution in [0.4, 0.5) is 5.69 Å². The Morgan fingerprint density at radius 2 is 1.60 bits per heavy atom. The third kappa shape index (κ3) is 5.49. The van der Waals surface area contributed by atoms with Crippen LogP contribution in [0, 0.1) is 0 Å². The summed E-state index contributed by atoms with van der Waals surface area (Å²) in [7, 11) is -3.91. The van der Waals surface area contributed by atoms with Crippen molar-refractivity contribution >= 4 is 37.5 Å². The number of amides is 1. The van der Waals surface area contributed by atoms with E-state index in [1.807, 2.05) is 37.3 Å². The molecule has 0 radical (unpaired) electrons. The van der Waals surface area contributed by atoms with Crippen molar-refractivity contribution in [3.63, 3.8) is 0 Å². The third-order valence-corrected chi connectivity index (χ3v) is 6.97. The van der Waals surface area contributed by atoms with Crippen LogP contribution in [0.2, 0.25) is 0 Å². The van der Waals surface area contributed by atoms with Gasteiger partial charge in [0.15, 0.2) is 0 Å². The average Bonchev–Trinajstić information content (AvgIpc) is 2.77. The minimum absolute atomic E-state index is 0.111. The van der Waals surface area contributed by atoms with E-state index in [4.69, 9.17) is 0 Å². The second kappa shape index (κ2) is 9.91. The standard InChI is InChI=1S/C23H23BrN2O3S/c1-18(19-9-4-2-5-10-19)16-25-23(27)17-26(21-12-8-11-20(24)15-21)30(28,29)22-13-6-3-7-14-22/h2-15,18H,16-17H2,1H3,(H,25,27)/t18-/m0/s1. The molecule has 0 fully saturated rings. The quantitative estimate of drug-likeness (QED) is 0.507. The zero-order valence-corrected chi connectivity index (χ0v) is 18.9. The average molecular weight is 487 g/mol. The van der Waals surface area contributed by atoms with Crippen LogP contribution in [-0.2, 0) is 14.8 Å². The normalized spacial score (nSPS) is 12.2. The van der Waals surface area contributed by atoms with Gasteiger partial charge in [-0.25, -0.2) is 8.42 Å². The highest BCUT2D eigenvalue weighted by Gasteiger charge is 2.27. The summed E-state index contributed by atoms with van der Waals surface area (Å²) in [6.07, 6.45) is 0. The first-order chi connectivity index (χ1) is 14.4. The van der Waals surface area contributed by atoms with Gasteiger partial charge in [0.05, 0.1) is 10.6 Å². The zero-order chi connectivity index (χ0) is 21.6. The molecule has 3 aromatic rings. The highest BCUT2D eigenvalue weighted by Crippen LogP contribution is 2.26. The number of hydrogen-bond donors (Lipinski definition) is 1. The molecule has 0 saturated carbocycles. The van der Waals surface area contributed by atoms with E-state index in [1.165, 1.54) is 12.1 Å². The van der Waals surface area contributed by atoms with Gasteiger partial charge in [-0.2, -0.15) is 0 Å². The van der Waals surface area contributed by atoms with Crippen molar-refractivity contribution in [2.75, 3.05) is 17.4 Å². The van der Waals surface area contributed by atoms with E-state index in [0.717, 1.165) is 14.3 Å². The van der Waals surface area contributed by atoms with Gasteiger partial charge in [0, 0.05) is 11.0 Å². The molecule has 1 N–H and O–H groups in total. The van der Waals surface area contributed by atoms with Crippen molar-refractivity contribution in [1.29, 1.82) is 0 Å². The summed E-state index contributed by atoms with van der Waals surface area (Å²) in [5.74, 6) is -0.252. The molecule has 30 heavy (non-hydrogen) atoms. The summed E-state index contributed by atoms with van der Waals surface area (Å²) >= 11 is 3.37. The van der Waals surface area contributed by atoms with Gasteiger partial charge in [0.1, 0.15) is 6.54 Å². The van der Waals surface area contributed by atoms with E-state index in [-0.39, 0.29) is 23.3 Å². The minimum Gasteiger partial charge on any atom is -0.354 e. The number of carbonyl (C=O) groups is 1. The lowest BCUT2D eigenvalue weighted by Crippen LogP contribution is -2.41. The van der Waals surface area contributed by atoms with E-state index < -0.39 is 10.0 Å². The molecule has 0 heterocycles. The van der Waals surface area contributed by atoms with E-state index in [2.05, 4.69) is 21.2 Å². The molecule has 1 atom stereocenters. The van der Waals surface area contributed by atoms with Gasteiger partial charge in [-0.3, -0.25) is 9.10 Å². The summed E-state index contributed by atoms with van der Waals surface area (Å²) in [5.41, 5.74) is 1.53. The number of nitrogens with zero attached hydrogens (tertiary/aromatic N) is 1. The number of hydrogen-bond acceptors (Lipinski definition) is 3. The van der Waals surface area contributed by atoms with Gasteiger partial charge in [-0.1, -0.05) is 77.5 Å². The lowest BCUT2D eigenvalue weighted by atomic mass is 10.0. The zero-order valence-electron chi connectivity index (χ0n) is 16.5. The third-order valence-electron chi connectivity index (χ3n) is 4.69. The smallest absolute Gasteiger partial charge is 0.264 e. The summed E-state index contributed by atoms with van der Waals surface area (Å²) in [4.78, 5) is 12.8. The first-order valence-electron chi connectivity index (χ1n) is 9.53. The van der Waals surface area contributed by atoms with Crippen LogP contribution in [0.5, 0.6) is 0 Å². The van der Waals surface area contributed by atoms with Gasteiger partial charge < -0.3 is 5.32 Å². The molecular formula is C23H23BrN2O3S. The number of nitrogens with one attached hydrogen (secondary N) is 1. The summed E-state index contributed by atoms with van der Waals surface area (Å²) in [6.45, 7) is 2.12. The number of carbonyl (C=O) groups excluding carboxylic acids is 1. The molecule has 156 valence electrons. The van der Waals surface area contributed by atoms with Crippen molar-refractivity contribution < 1.29 is 13.2 Å². The van der Waals surface area contributed by atoms with Crippen LogP contribution in [0.1, 0.15) is 18.4 Å². The lowest BCUT2D eigenvalue weighted by molar-refractivity contribution is -0.119. The van der Waals surface area contributed by atoms with Crippen molar-refractivity contribution in [3.8, 4) is 0 Å². The summed E-state index contributed by atoms with van der Waals surface area (Å²) in [5, 5.41) is 2.86. The highest BCUT2D eigenvalue weighted by atomic mass is 79.9. The van der Waals surface area contributed by atoms with Crippen LogP contribution in [0.25, 0.3) is 0 Å². The van der Waals surface area contributed by atoms with Gasteiger partial charge in [-0.15, -0.1) is 0 Å². The topological polar surface area (TPSA) is 66.5 Å². The Labute approximate surface area is 185 Å². The number of halogens is 1. The summed E-state index contributed by atoms with van der Waals surface area (Å²) < 4.78 is 28.4. The van der Waals surface area contributed by atoms with E-state index in [0.29, 0.717) is 12.2 Å².